The van der Waals surface area contributed by atoms with Gasteiger partial charge in [0.15, 0.2) is 0 Å². The van der Waals surface area contributed by atoms with Gasteiger partial charge in [-0.3, -0.25) is 0 Å². The van der Waals surface area contributed by atoms with Gasteiger partial charge in [0.05, 0.1) is 12.7 Å². The molecule has 1 aliphatic heterocycles. The molecule has 1 atom stereocenters. The maximum Gasteiger partial charge on any atom is 0.317 e. The number of carbonyl (C=O) groups excluding carboxylic acids is 1. The maximum absolute atomic E-state index is 11.8. The first-order chi connectivity index (χ1) is 7.75. The SMILES string of the molecule is C[C@H]1CN(C(=O)NCc2ccsc2)CCO1. The number of morpholine rings is 1. The van der Waals surface area contributed by atoms with E-state index in [9.17, 15) is 4.79 Å². The smallest absolute Gasteiger partial charge is 0.317 e. The number of rotatable bonds is 2. The number of carbonyl (C=O) groups is 1. The number of urea groups is 1. The monoisotopic (exact) mass is 240 g/mol. The number of hydrogen-bond donors (Lipinski definition) is 1. The van der Waals surface area contributed by atoms with Gasteiger partial charge in [-0.2, -0.15) is 11.3 Å². The van der Waals surface area contributed by atoms with Crippen molar-refractivity contribution in [1.82, 2.24) is 10.2 Å². The van der Waals surface area contributed by atoms with Crippen LogP contribution in [0, 0.1) is 0 Å². The second-order valence-corrected chi connectivity index (χ2v) is 4.70. The second-order valence-electron chi connectivity index (χ2n) is 3.92. The van der Waals surface area contributed by atoms with Crippen molar-refractivity contribution in [2.45, 2.75) is 19.6 Å². The number of nitrogens with zero attached hydrogens (tertiary/aromatic N) is 1. The van der Waals surface area contributed by atoms with Crippen LogP contribution in [-0.4, -0.2) is 36.7 Å². The normalized spacial score (nSPS) is 20.8. The Morgan fingerprint density at radius 1 is 1.75 bits per heavy atom. The third kappa shape index (κ3) is 2.96. The van der Waals surface area contributed by atoms with Crippen molar-refractivity contribution < 1.29 is 9.53 Å². The third-order valence-corrected chi connectivity index (χ3v) is 3.28. The van der Waals surface area contributed by atoms with Gasteiger partial charge in [0.1, 0.15) is 0 Å². The van der Waals surface area contributed by atoms with Crippen LogP contribution in [0.4, 0.5) is 4.79 Å². The number of thiophene rings is 1. The highest BCUT2D eigenvalue weighted by atomic mass is 32.1. The summed E-state index contributed by atoms with van der Waals surface area (Å²) in [5, 5.41) is 6.97. The molecule has 1 aromatic rings. The maximum atomic E-state index is 11.8. The van der Waals surface area contributed by atoms with Gasteiger partial charge in [-0.15, -0.1) is 0 Å². The molecule has 5 heteroatoms. The summed E-state index contributed by atoms with van der Waals surface area (Å²) in [5.74, 6) is 0. The van der Waals surface area contributed by atoms with Gasteiger partial charge in [0.25, 0.3) is 0 Å². The molecule has 2 rings (SSSR count). The summed E-state index contributed by atoms with van der Waals surface area (Å²) < 4.78 is 5.39. The minimum absolute atomic E-state index is 0.00125. The summed E-state index contributed by atoms with van der Waals surface area (Å²) >= 11 is 1.64. The molecule has 2 heterocycles. The molecule has 0 aromatic carbocycles. The van der Waals surface area contributed by atoms with E-state index in [-0.39, 0.29) is 12.1 Å². The fraction of sp³-hybridized carbons (Fsp3) is 0.545. The Hall–Kier alpha value is -1.07. The summed E-state index contributed by atoms with van der Waals surface area (Å²) in [6.45, 7) is 4.58. The van der Waals surface area contributed by atoms with Gasteiger partial charge in [-0.25, -0.2) is 4.79 Å². The Morgan fingerprint density at radius 2 is 2.62 bits per heavy atom. The zero-order valence-electron chi connectivity index (χ0n) is 9.31. The van der Waals surface area contributed by atoms with Crippen LogP contribution in [0.5, 0.6) is 0 Å². The van der Waals surface area contributed by atoms with Crippen molar-refractivity contribution in [1.29, 1.82) is 0 Å². The lowest BCUT2D eigenvalue weighted by atomic mass is 10.3. The lowest BCUT2D eigenvalue weighted by Crippen LogP contribution is -2.48. The molecule has 1 saturated heterocycles. The Morgan fingerprint density at radius 3 is 3.31 bits per heavy atom. The molecule has 0 unspecified atom stereocenters. The average molecular weight is 240 g/mol. The lowest BCUT2D eigenvalue weighted by Gasteiger charge is -2.31. The van der Waals surface area contributed by atoms with Crippen LogP contribution in [0.2, 0.25) is 0 Å². The third-order valence-electron chi connectivity index (χ3n) is 2.55. The highest BCUT2D eigenvalue weighted by molar-refractivity contribution is 7.07. The van der Waals surface area contributed by atoms with Crippen LogP contribution in [0.1, 0.15) is 12.5 Å². The van der Waals surface area contributed by atoms with Crippen LogP contribution < -0.4 is 5.32 Å². The lowest BCUT2D eigenvalue weighted by molar-refractivity contribution is -0.00351. The average Bonchev–Trinajstić information content (AvgIpc) is 2.78. The first-order valence-corrected chi connectivity index (χ1v) is 6.35. The largest absolute Gasteiger partial charge is 0.375 e. The summed E-state index contributed by atoms with van der Waals surface area (Å²) in [5.41, 5.74) is 1.15. The number of hydrogen-bond acceptors (Lipinski definition) is 3. The van der Waals surface area contributed by atoms with Crippen molar-refractivity contribution >= 4 is 17.4 Å². The van der Waals surface area contributed by atoms with Gasteiger partial charge in [0, 0.05) is 19.6 Å². The minimum atomic E-state index is 0.00125. The minimum Gasteiger partial charge on any atom is -0.375 e. The van der Waals surface area contributed by atoms with Crippen LogP contribution in [0.25, 0.3) is 0 Å². The van der Waals surface area contributed by atoms with Crippen LogP contribution >= 0.6 is 11.3 Å². The molecular weight excluding hydrogens is 224 g/mol. The molecule has 1 aromatic heterocycles. The molecule has 0 bridgehead atoms. The molecule has 1 N–H and O–H groups in total. The summed E-state index contributed by atoms with van der Waals surface area (Å²) in [4.78, 5) is 13.6. The first-order valence-electron chi connectivity index (χ1n) is 5.41. The number of amides is 2. The van der Waals surface area contributed by atoms with Crippen molar-refractivity contribution in [3.8, 4) is 0 Å². The van der Waals surface area contributed by atoms with Crippen LogP contribution in [0.3, 0.4) is 0 Å². The van der Waals surface area contributed by atoms with Gasteiger partial charge >= 0.3 is 6.03 Å². The van der Waals surface area contributed by atoms with Crippen molar-refractivity contribution in [2.75, 3.05) is 19.7 Å². The highest BCUT2D eigenvalue weighted by Gasteiger charge is 2.20. The standard InChI is InChI=1S/C11H16N2O2S/c1-9-7-13(3-4-15-9)11(14)12-6-10-2-5-16-8-10/h2,5,8-9H,3-4,6-7H2,1H3,(H,12,14)/t9-/m0/s1. The fourth-order valence-electron chi connectivity index (χ4n) is 1.69. The highest BCUT2D eigenvalue weighted by Crippen LogP contribution is 2.07. The molecule has 16 heavy (non-hydrogen) atoms. The van der Waals surface area contributed by atoms with Gasteiger partial charge in [-0.05, 0) is 29.3 Å². The molecule has 4 nitrogen and oxygen atoms in total. The Bertz CT molecular complexity index is 340. The van der Waals surface area contributed by atoms with E-state index in [1.165, 1.54) is 0 Å². The van der Waals surface area contributed by atoms with E-state index in [4.69, 9.17) is 4.74 Å². The van der Waals surface area contributed by atoms with E-state index < -0.39 is 0 Å². The molecule has 0 radical (unpaired) electrons. The van der Waals surface area contributed by atoms with E-state index in [2.05, 4.69) is 5.32 Å². The Balaban J connectivity index is 1.79. The Kier molecular flexibility index (Phi) is 3.79. The van der Waals surface area contributed by atoms with Crippen LogP contribution in [0.15, 0.2) is 16.8 Å². The van der Waals surface area contributed by atoms with Gasteiger partial charge in [-0.1, -0.05) is 0 Å². The van der Waals surface area contributed by atoms with E-state index in [0.717, 1.165) is 5.56 Å². The number of ether oxygens (including phenoxy) is 1. The van der Waals surface area contributed by atoms with Crippen molar-refractivity contribution in [3.05, 3.63) is 22.4 Å². The molecule has 0 aliphatic carbocycles. The van der Waals surface area contributed by atoms with E-state index in [0.29, 0.717) is 26.2 Å². The fourth-order valence-corrected chi connectivity index (χ4v) is 2.35. The predicted octanol–water partition coefficient (Wildman–Crippen LogP) is 1.68. The van der Waals surface area contributed by atoms with Crippen LogP contribution in [-0.2, 0) is 11.3 Å². The van der Waals surface area contributed by atoms with E-state index >= 15 is 0 Å². The molecule has 1 aliphatic rings. The van der Waals surface area contributed by atoms with E-state index in [1.807, 2.05) is 23.8 Å². The van der Waals surface area contributed by atoms with Gasteiger partial charge < -0.3 is 15.0 Å². The molecule has 1 fully saturated rings. The summed E-state index contributed by atoms with van der Waals surface area (Å²) in [6, 6.07) is 2.02. The molecule has 0 spiro atoms. The molecule has 0 saturated carbocycles. The number of nitrogens with one attached hydrogen (secondary N) is 1. The second kappa shape index (κ2) is 5.32. The molecular formula is C11H16N2O2S. The summed E-state index contributed by atoms with van der Waals surface area (Å²) in [7, 11) is 0. The predicted molar refractivity (Wildman–Crippen MR) is 63.5 cm³/mol. The topological polar surface area (TPSA) is 41.6 Å². The molecule has 2 amide bonds. The zero-order valence-corrected chi connectivity index (χ0v) is 10.1. The van der Waals surface area contributed by atoms with Crippen molar-refractivity contribution in [3.63, 3.8) is 0 Å². The Labute approximate surface area is 99.2 Å². The van der Waals surface area contributed by atoms with Crippen molar-refractivity contribution in [2.24, 2.45) is 0 Å². The quantitative estimate of drug-likeness (QED) is 0.854. The van der Waals surface area contributed by atoms with Gasteiger partial charge in [0.2, 0.25) is 0 Å². The molecule has 88 valence electrons. The zero-order chi connectivity index (χ0) is 11.4. The summed E-state index contributed by atoms with van der Waals surface area (Å²) in [6.07, 6.45) is 0.139. The first kappa shape index (κ1) is 11.4. The van der Waals surface area contributed by atoms with E-state index in [1.54, 1.807) is 16.2 Å².